The molecular formula is C29H45NO11. The van der Waals surface area contributed by atoms with Gasteiger partial charge in [-0.15, -0.1) is 0 Å². The van der Waals surface area contributed by atoms with Gasteiger partial charge in [-0.25, -0.2) is 14.4 Å². The Morgan fingerprint density at radius 1 is 0.854 bits per heavy atom. The lowest BCUT2D eigenvalue weighted by Crippen LogP contribution is -2.42. The van der Waals surface area contributed by atoms with Crippen molar-refractivity contribution >= 4 is 24.4 Å². The second-order valence-corrected chi connectivity index (χ2v) is 11.7. The van der Waals surface area contributed by atoms with Crippen molar-refractivity contribution in [1.82, 2.24) is 0 Å². The number of benzene rings is 1. The number of carbonyl (C=O) groups excluding carboxylic acids is 3. The van der Waals surface area contributed by atoms with Crippen LogP contribution in [0.15, 0.2) is 18.2 Å². The first-order valence-electron chi connectivity index (χ1n) is 13.6. The molecule has 0 aliphatic heterocycles. The van der Waals surface area contributed by atoms with Crippen molar-refractivity contribution in [2.45, 2.75) is 111 Å². The van der Waals surface area contributed by atoms with E-state index in [1.54, 1.807) is 55.4 Å². The molecule has 0 bridgehead atoms. The van der Waals surface area contributed by atoms with Crippen molar-refractivity contribution in [2.24, 2.45) is 11.7 Å². The molecule has 0 saturated carbocycles. The molecule has 3 unspecified atom stereocenters. The first kappa shape index (κ1) is 35.5. The molecule has 0 aliphatic rings. The number of carboxylic acids is 1. The maximum atomic E-state index is 12.5. The third kappa shape index (κ3) is 13.1. The van der Waals surface area contributed by atoms with Crippen LogP contribution in [-0.4, -0.2) is 59.5 Å². The van der Waals surface area contributed by atoms with Gasteiger partial charge in [0.2, 0.25) is 0 Å². The Labute approximate surface area is 241 Å². The van der Waals surface area contributed by atoms with E-state index in [1.807, 2.05) is 6.92 Å². The van der Waals surface area contributed by atoms with Crippen molar-refractivity contribution in [3.63, 3.8) is 0 Å². The number of rotatable bonds is 12. The van der Waals surface area contributed by atoms with Gasteiger partial charge in [0, 0.05) is 11.8 Å². The molecular weight excluding hydrogens is 538 g/mol. The van der Waals surface area contributed by atoms with Gasteiger partial charge >= 0.3 is 24.4 Å². The molecule has 12 heteroatoms. The van der Waals surface area contributed by atoms with E-state index in [1.165, 1.54) is 18.2 Å². The molecule has 41 heavy (non-hydrogen) atoms. The van der Waals surface area contributed by atoms with Gasteiger partial charge in [-0.05, 0) is 72.6 Å². The van der Waals surface area contributed by atoms with Gasteiger partial charge in [-0.3, -0.25) is 4.79 Å². The number of carbonyl (C=O) groups is 4. The molecule has 4 atom stereocenters. The third-order valence-corrected chi connectivity index (χ3v) is 5.75. The average molecular weight is 584 g/mol. The Balaban J connectivity index is 3.39. The highest BCUT2D eigenvalue weighted by Crippen LogP contribution is 2.37. The summed E-state index contributed by atoms with van der Waals surface area (Å²) in [6.45, 7) is 15.4. The van der Waals surface area contributed by atoms with Crippen molar-refractivity contribution < 1.29 is 52.7 Å². The number of ether oxygens (including phenoxy) is 6. The first-order chi connectivity index (χ1) is 18.8. The monoisotopic (exact) mass is 583 g/mol. The summed E-state index contributed by atoms with van der Waals surface area (Å²) in [5.41, 5.74) is 4.66. The summed E-state index contributed by atoms with van der Waals surface area (Å²) in [6, 6.07) is 2.68. The van der Waals surface area contributed by atoms with E-state index in [0.717, 1.165) is 12.8 Å². The number of unbranched alkanes of at least 4 members (excludes halogenated alkanes) is 2. The van der Waals surface area contributed by atoms with Crippen LogP contribution in [0.5, 0.6) is 11.5 Å². The molecule has 0 saturated heterocycles. The molecule has 0 spiro atoms. The zero-order valence-electron chi connectivity index (χ0n) is 25.5. The number of hydrogen-bond acceptors (Lipinski definition) is 11. The molecule has 1 aromatic rings. The molecule has 1 rings (SSSR count). The van der Waals surface area contributed by atoms with Crippen LogP contribution >= 0.6 is 0 Å². The van der Waals surface area contributed by atoms with Crippen LogP contribution in [0.4, 0.5) is 14.4 Å². The smallest absolute Gasteiger partial charge is 0.480 e. The Hall–Kier alpha value is -3.54. The lowest BCUT2D eigenvalue weighted by atomic mass is 9.79. The van der Waals surface area contributed by atoms with Gasteiger partial charge in [0.25, 0.3) is 0 Å². The first-order valence-corrected chi connectivity index (χ1v) is 13.6. The van der Waals surface area contributed by atoms with Gasteiger partial charge in [0.15, 0.2) is 11.5 Å². The molecule has 0 amide bonds. The highest BCUT2D eigenvalue weighted by atomic mass is 16.8. The van der Waals surface area contributed by atoms with E-state index in [4.69, 9.17) is 34.2 Å². The van der Waals surface area contributed by atoms with Crippen LogP contribution in [0.1, 0.15) is 93.1 Å². The zero-order chi connectivity index (χ0) is 31.5. The third-order valence-electron chi connectivity index (χ3n) is 5.75. The SMILES string of the molecule is CCCCCOC(=O)OC(C)C(C)C(c1ccc(OC(=O)OC(C)(C)C)c(OC(=O)OC(C)(C)C)c1)[C@H](N)C(=O)O. The zero-order valence-corrected chi connectivity index (χ0v) is 25.5. The van der Waals surface area contributed by atoms with E-state index < -0.39 is 59.6 Å². The van der Waals surface area contributed by atoms with E-state index >= 15 is 0 Å². The van der Waals surface area contributed by atoms with Gasteiger partial charge in [-0.1, -0.05) is 32.8 Å². The van der Waals surface area contributed by atoms with Gasteiger partial charge < -0.3 is 39.3 Å². The fourth-order valence-electron chi connectivity index (χ4n) is 3.70. The number of hydrogen-bond donors (Lipinski definition) is 2. The summed E-state index contributed by atoms with van der Waals surface area (Å²) in [4.78, 5) is 49.0. The molecule has 0 radical (unpaired) electrons. The summed E-state index contributed by atoms with van der Waals surface area (Å²) in [5, 5.41) is 9.77. The summed E-state index contributed by atoms with van der Waals surface area (Å²) in [7, 11) is 0. The quantitative estimate of drug-likeness (QED) is 0.124. The molecule has 0 aliphatic carbocycles. The fourth-order valence-corrected chi connectivity index (χ4v) is 3.70. The van der Waals surface area contributed by atoms with Gasteiger partial charge in [-0.2, -0.15) is 0 Å². The van der Waals surface area contributed by atoms with Crippen molar-refractivity contribution in [2.75, 3.05) is 6.61 Å². The van der Waals surface area contributed by atoms with Crippen molar-refractivity contribution in [1.29, 1.82) is 0 Å². The second-order valence-electron chi connectivity index (χ2n) is 11.7. The molecule has 12 nitrogen and oxygen atoms in total. The van der Waals surface area contributed by atoms with E-state index in [0.29, 0.717) is 12.0 Å². The molecule has 0 fully saturated rings. The normalized spacial score (nSPS) is 14.6. The minimum absolute atomic E-state index is 0.177. The standard InChI is InChI=1S/C29H45NO11/c1-10-11-12-15-36-25(33)37-18(3)17(2)22(23(30)24(31)32)19-13-14-20(38-26(34)40-28(4,5)6)21(16-19)39-27(35)41-29(7,8)9/h13-14,16-18,22-23H,10-12,15,30H2,1-9H3,(H,31,32)/t17?,18?,22?,23-/m0/s1. The molecule has 0 aromatic heterocycles. The van der Waals surface area contributed by atoms with Gasteiger partial charge in [0.05, 0.1) is 6.61 Å². The van der Waals surface area contributed by atoms with Gasteiger partial charge in [0.1, 0.15) is 23.3 Å². The van der Waals surface area contributed by atoms with E-state index in [-0.39, 0.29) is 18.1 Å². The molecule has 1 aromatic carbocycles. The Morgan fingerprint density at radius 3 is 1.88 bits per heavy atom. The van der Waals surface area contributed by atoms with Crippen LogP contribution in [0.3, 0.4) is 0 Å². The molecule has 0 heterocycles. The Bertz CT molecular complexity index is 1040. The van der Waals surface area contributed by atoms with E-state index in [9.17, 15) is 24.3 Å². The Morgan fingerprint density at radius 2 is 1.39 bits per heavy atom. The minimum atomic E-state index is -1.44. The lowest BCUT2D eigenvalue weighted by Gasteiger charge is -2.31. The van der Waals surface area contributed by atoms with E-state index in [2.05, 4.69) is 0 Å². The van der Waals surface area contributed by atoms with Crippen LogP contribution in [-0.2, 0) is 23.7 Å². The topological polar surface area (TPSA) is 170 Å². The number of carboxylic acid groups (broad SMARTS) is 1. The minimum Gasteiger partial charge on any atom is -0.480 e. The van der Waals surface area contributed by atoms with Crippen LogP contribution in [0.25, 0.3) is 0 Å². The summed E-state index contributed by atoms with van der Waals surface area (Å²) in [5.74, 6) is -3.30. The summed E-state index contributed by atoms with van der Waals surface area (Å²) < 4.78 is 31.6. The lowest BCUT2D eigenvalue weighted by molar-refractivity contribution is -0.139. The highest BCUT2D eigenvalue weighted by Gasteiger charge is 2.36. The van der Waals surface area contributed by atoms with Crippen LogP contribution < -0.4 is 15.2 Å². The Kier molecular flexibility index (Phi) is 13.4. The number of aliphatic carboxylic acids is 1. The van der Waals surface area contributed by atoms with Crippen molar-refractivity contribution in [3.8, 4) is 11.5 Å². The van der Waals surface area contributed by atoms with Crippen LogP contribution in [0, 0.1) is 5.92 Å². The average Bonchev–Trinajstić information content (AvgIpc) is 2.80. The largest absolute Gasteiger partial charge is 0.514 e. The molecule has 232 valence electrons. The maximum Gasteiger partial charge on any atom is 0.514 e. The predicted octanol–water partition coefficient (Wildman–Crippen LogP) is 6.18. The van der Waals surface area contributed by atoms with Crippen LogP contribution in [0.2, 0.25) is 0 Å². The highest BCUT2D eigenvalue weighted by molar-refractivity contribution is 5.75. The second kappa shape index (κ2) is 15.5. The summed E-state index contributed by atoms with van der Waals surface area (Å²) >= 11 is 0. The fraction of sp³-hybridized carbons (Fsp3) is 0.655. The molecule has 3 N–H and O–H groups in total. The number of nitrogens with two attached hydrogens (primary N) is 1. The van der Waals surface area contributed by atoms with Crippen molar-refractivity contribution in [3.05, 3.63) is 23.8 Å². The summed E-state index contributed by atoms with van der Waals surface area (Å²) in [6.07, 6.45) is -1.27. The predicted molar refractivity (Wildman–Crippen MR) is 149 cm³/mol. The maximum absolute atomic E-state index is 12.5.